The van der Waals surface area contributed by atoms with E-state index >= 15 is 0 Å². The quantitative estimate of drug-likeness (QED) is 0.444. The molecule has 1 aromatic carbocycles. The minimum atomic E-state index is -4.81. The molecule has 0 N–H and O–H groups in total. The van der Waals surface area contributed by atoms with E-state index in [1.807, 2.05) is 0 Å². The summed E-state index contributed by atoms with van der Waals surface area (Å²) in [5, 5.41) is 0. The summed E-state index contributed by atoms with van der Waals surface area (Å²) in [6.07, 6.45) is -0.805. The maximum atomic E-state index is 14.8. The van der Waals surface area contributed by atoms with Crippen LogP contribution in [0.1, 0.15) is 36.8 Å². The predicted molar refractivity (Wildman–Crippen MR) is 81.7 cm³/mol. The largest absolute Gasteiger partial charge is 0.419 e. The highest BCUT2D eigenvalue weighted by atomic mass is 19.4. The van der Waals surface area contributed by atoms with Gasteiger partial charge < -0.3 is 4.74 Å². The van der Waals surface area contributed by atoms with Gasteiger partial charge in [0.25, 0.3) is 0 Å². The molecule has 1 nitrogen and oxygen atoms in total. The first-order valence-electron chi connectivity index (χ1n) is 8.06. The maximum absolute atomic E-state index is 14.8. The minimum absolute atomic E-state index is 0.0146. The smallest absolute Gasteiger partial charge is 0.339 e. The normalized spacial score (nSPS) is 23.9. The molecule has 0 saturated heterocycles. The van der Waals surface area contributed by atoms with Crippen LogP contribution in [-0.4, -0.2) is 12.5 Å². The number of benzene rings is 1. The molecule has 0 heterocycles. The first-order valence-corrected chi connectivity index (χ1v) is 8.06. The van der Waals surface area contributed by atoms with E-state index in [9.17, 15) is 26.3 Å². The van der Waals surface area contributed by atoms with Crippen molar-refractivity contribution >= 4 is 0 Å². The highest BCUT2D eigenvalue weighted by Crippen LogP contribution is 2.40. The Hall–Kier alpha value is -1.50. The van der Waals surface area contributed by atoms with Crippen LogP contribution in [0, 0.1) is 17.7 Å². The monoisotopic (exact) mass is 366 g/mol. The van der Waals surface area contributed by atoms with Gasteiger partial charge in [0.15, 0.2) is 0 Å². The zero-order chi connectivity index (χ0) is 18.7. The van der Waals surface area contributed by atoms with Crippen LogP contribution in [0.3, 0.4) is 0 Å². The molecule has 0 spiro atoms. The summed E-state index contributed by atoms with van der Waals surface area (Å²) >= 11 is 0. The molecule has 0 aromatic heterocycles. The number of ether oxygens (including phenoxy) is 1. The number of hydrogen-bond donors (Lipinski definition) is 0. The lowest BCUT2D eigenvalue weighted by molar-refractivity contribution is -0.206. The third-order valence-electron chi connectivity index (χ3n) is 4.71. The maximum Gasteiger partial charge on any atom is 0.419 e. The number of hydrogen-bond acceptors (Lipinski definition) is 1. The van der Waals surface area contributed by atoms with Gasteiger partial charge in [-0.25, -0.2) is 13.2 Å². The zero-order valence-corrected chi connectivity index (χ0v) is 13.6. The Morgan fingerprint density at radius 3 is 2.24 bits per heavy atom. The highest BCUT2D eigenvalue weighted by molar-refractivity contribution is 5.26. The van der Waals surface area contributed by atoms with E-state index in [4.69, 9.17) is 4.74 Å². The van der Waals surface area contributed by atoms with Crippen molar-refractivity contribution in [2.75, 3.05) is 6.67 Å². The van der Waals surface area contributed by atoms with Gasteiger partial charge >= 0.3 is 6.18 Å². The molecule has 25 heavy (non-hydrogen) atoms. The molecular weight excluding hydrogens is 346 g/mol. The van der Waals surface area contributed by atoms with E-state index in [-0.39, 0.29) is 11.5 Å². The summed E-state index contributed by atoms with van der Waals surface area (Å²) < 4.78 is 84.2. The van der Waals surface area contributed by atoms with Crippen LogP contribution in [0.5, 0.6) is 0 Å². The molecule has 1 unspecified atom stereocenters. The van der Waals surface area contributed by atoms with E-state index in [0.29, 0.717) is 37.8 Å². The molecule has 1 fully saturated rings. The molecule has 0 radical (unpaired) electrons. The number of rotatable bonds is 6. The first kappa shape index (κ1) is 19.8. The lowest BCUT2D eigenvalue weighted by Crippen LogP contribution is -2.40. The number of alkyl halides is 5. The van der Waals surface area contributed by atoms with Crippen molar-refractivity contribution in [3.05, 3.63) is 47.8 Å². The topological polar surface area (TPSA) is 9.23 Å². The second-order valence-corrected chi connectivity index (χ2v) is 6.37. The molecule has 0 bridgehead atoms. The second-order valence-electron chi connectivity index (χ2n) is 6.37. The highest BCUT2D eigenvalue weighted by Gasteiger charge is 2.42. The molecule has 1 atom stereocenters. The van der Waals surface area contributed by atoms with Crippen molar-refractivity contribution < 1.29 is 31.1 Å². The molecule has 0 amide bonds. The Morgan fingerprint density at radius 2 is 1.76 bits per heavy atom. The van der Waals surface area contributed by atoms with Gasteiger partial charge in [0, 0.05) is 5.92 Å². The Kier molecular flexibility index (Phi) is 6.19. The van der Waals surface area contributed by atoms with Crippen molar-refractivity contribution in [3.8, 4) is 0 Å². The number of halogens is 6. The average Bonchev–Trinajstić information content (AvgIpc) is 2.58. The van der Waals surface area contributed by atoms with Gasteiger partial charge in [-0.1, -0.05) is 12.1 Å². The Morgan fingerprint density at radius 1 is 1.12 bits per heavy atom. The predicted octanol–water partition coefficient (Wildman–Crippen LogP) is 5.99. The fraction of sp³-hybridized carbons (Fsp3) is 0.556. The fourth-order valence-electron chi connectivity index (χ4n) is 3.13. The third-order valence-corrected chi connectivity index (χ3v) is 4.71. The summed E-state index contributed by atoms with van der Waals surface area (Å²) in [6.45, 7) is 1.82. The molecular formula is C18H20F6O. The van der Waals surface area contributed by atoms with Gasteiger partial charge in [0.1, 0.15) is 12.5 Å². The van der Waals surface area contributed by atoms with E-state index in [2.05, 4.69) is 6.58 Å². The molecule has 140 valence electrons. The van der Waals surface area contributed by atoms with Crippen molar-refractivity contribution in [1.82, 2.24) is 0 Å². The number of allylic oxidation sites excluding steroid dienone is 1. The van der Waals surface area contributed by atoms with E-state index in [1.165, 1.54) is 0 Å². The first-order chi connectivity index (χ1) is 11.7. The molecule has 1 aliphatic rings. The van der Waals surface area contributed by atoms with Gasteiger partial charge in [-0.05, 0) is 49.3 Å². The van der Waals surface area contributed by atoms with Gasteiger partial charge in [0.2, 0.25) is 5.85 Å². The van der Waals surface area contributed by atoms with Crippen molar-refractivity contribution in [2.45, 2.75) is 44.3 Å². The summed E-state index contributed by atoms with van der Waals surface area (Å²) in [7, 11) is 0. The zero-order valence-electron chi connectivity index (χ0n) is 13.6. The van der Waals surface area contributed by atoms with Crippen molar-refractivity contribution in [1.29, 1.82) is 0 Å². The van der Waals surface area contributed by atoms with E-state index in [0.717, 1.165) is 6.07 Å². The molecule has 1 aromatic rings. The molecule has 1 saturated carbocycles. The lowest BCUT2D eigenvalue weighted by atomic mass is 9.78. The van der Waals surface area contributed by atoms with Crippen LogP contribution in [0.4, 0.5) is 26.3 Å². The van der Waals surface area contributed by atoms with Crippen LogP contribution in [-0.2, 0) is 17.5 Å². The molecule has 1 aliphatic carbocycles. The van der Waals surface area contributed by atoms with Gasteiger partial charge in [-0.2, -0.15) is 13.2 Å². The molecule has 7 heteroatoms. The SMILES string of the molecule is C=CC1CCC(C(F)(CF)OCc2ccc(C(F)(F)F)c(F)c2)CC1. The van der Waals surface area contributed by atoms with E-state index in [1.54, 1.807) is 6.08 Å². The summed E-state index contributed by atoms with van der Waals surface area (Å²) in [5.41, 5.74) is -1.39. The minimum Gasteiger partial charge on any atom is -0.339 e. The fourth-order valence-corrected chi connectivity index (χ4v) is 3.13. The van der Waals surface area contributed by atoms with Crippen LogP contribution in [0.2, 0.25) is 0 Å². The van der Waals surface area contributed by atoms with Crippen molar-refractivity contribution in [3.63, 3.8) is 0 Å². The van der Waals surface area contributed by atoms with Crippen LogP contribution in [0.15, 0.2) is 30.9 Å². The average molecular weight is 366 g/mol. The van der Waals surface area contributed by atoms with E-state index < -0.39 is 42.6 Å². The third kappa shape index (κ3) is 4.77. The van der Waals surface area contributed by atoms with Gasteiger partial charge in [-0.15, -0.1) is 6.58 Å². The standard InChI is InChI=1S/C18H20F6O/c1-2-12-3-6-14(7-4-12)17(21,11-19)25-10-13-5-8-15(16(20)9-13)18(22,23)24/h2,5,8-9,12,14H,1,3-4,6-7,10-11H2. The summed E-state index contributed by atoms with van der Waals surface area (Å²) in [4.78, 5) is 0. The van der Waals surface area contributed by atoms with Gasteiger partial charge in [0.05, 0.1) is 12.2 Å². The van der Waals surface area contributed by atoms with Gasteiger partial charge in [-0.3, -0.25) is 0 Å². The molecule has 0 aliphatic heterocycles. The van der Waals surface area contributed by atoms with Crippen LogP contribution < -0.4 is 0 Å². The Labute approximate surface area is 142 Å². The Bertz CT molecular complexity index is 592. The summed E-state index contributed by atoms with van der Waals surface area (Å²) in [5.74, 6) is -4.37. The van der Waals surface area contributed by atoms with Crippen molar-refractivity contribution in [2.24, 2.45) is 11.8 Å². The van der Waals surface area contributed by atoms with Crippen LogP contribution >= 0.6 is 0 Å². The summed E-state index contributed by atoms with van der Waals surface area (Å²) in [6, 6.07) is 2.20. The Balaban J connectivity index is 2.03. The second kappa shape index (κ2) is 7.81. The van der Waals surface area contributed by atoms with Crippen LogP contribution in [0.25, 0.3) is 0 Å². The molecule has 2 rings (SSSR count). The lowest BCUT2D eigenvalue weighted by Gasteiger charge is -2.36.